The number of hydrogen-bond acceptors (Lipinski definition) is 5. The summed E-state index contributed by atoms with van der Waals surface area (Å²) in [5, 5.41) is 23.8. The lowest BCUT2D eigenvalue weighted by Gasteiger charge is -2.24. The first-order valence-corrected chi connectivity index (χ1v) is 27.6. The molecule has 0 aliphatic carbocycles. The van der Waals surface area contributed by atoms with E-state index in [0.29, 0.717) is 19.3 Å². The summed E-state index contributed by atoms with van der Waals surface area (Å²) in [4.78, 5) is 26.2. The van der Waals surface area contributed by atoms with Crippen LogP contribution in [0.25, 0.3) is 0 Å². The summed E-state index contributed by atoms with van der Waals surface area (Å²) in [7, 11) is 0. The number of carbonyl (C=O) groups is 2. The standard InChI is InChI=1S/C58H105NO5/c1-4-7-10-13-16-19-22-25-27-28-29-31-33-36-39-42-45-48-51-58(63)64-54(49-46-43-40-37-34-24-21-18-15-12-9-6-3)52-57(62)59-55(53-60)56(61)50-47-44-41-38-35-32-30-26-23-20-17-14-11-8-5-2/h16,19,22,25,27-29,31,37,40,54-56,60-61H,4-15,17-18,20-21,23-24,26,30,32-36,38-39,41-53H2,1-3H3,(H,59,62)/b19-16+,25-22+,28-27+,31-29+,40-37-. The molecule has 0 heterocycles. The molecule has 3 unspecified atom stereocenters. The Labute approximate surface area is 397 Å². The molecule has 0 aromatic rings. The number of carbonyl (C=O) groups excluding carboxylic acids is 2. The average molecular weight is 896 g/mol. The van der Waals surface area contributed by atoms with Crippen LogP contribution in [0.5, 0.6) is 0 Å². The lowest BCUT2D eigenvalue weighted by Crippen LogP contribution is -2.46. The van der Waals surface area contributed by atoms with Gasteiger partial charge in [0.2, 0.25) is 5.91 Å². The Balaban J connectivity index is 4.59. The van der Waals surface area contributed by atoms with Crippen molar-refractivity contribution in [3.8, 4) is 0 Å². The van der Waals surface area contributed by atoms with E-state index in [-0.39, 0.29) is 24.9 Å². The molecule has 6 heteroatoms. The van der Waals surface area contributed by atoms with Gasteiger partial charge in [0.05, 0.1) is 25.2 Å². The number of unbranched alkanes of at least 4 members (excludes halogenated alkanes) is 30. The number of hydrogen-bond donors (Lipinski definition) is 3. The maximum Gasteiger partial charge on any atom is 0.306 e. The Morgan fingerprint density at radius 1 is 0.453 bits per heavy atom. The maximum absolute atomic E-state index is 13.2. The van der Waals surface area contributed by atoms with E-state index in [1.165, 1.54) is 141 Å². The minimum atomic E-state index is -0.800. The van der Waals surface area contributed by atoms with E-state index in [2.05, 4.69) is 86.8 Å². The molecule has 372 valence electrons. The Morgan fingerprint density at radius 3 is 1.31 bits per heavy atom. The molecule has 0 aromatic heterocycles. The van der Waals surface area contributed by atoms with Gasteiger partial charge in [-0.05, 0) is 70.6 Å². The second-order valence-corrected chi connectivity index (χ2v) is 18.7. The van der Waals surface area contributed by atoms with Crippen LogP contribution in [0.15, 0.2) is 60.8 Å². The first-order valence-electron chi connectivity index (χ1n) is 27.6. The fourth-order valence-corrected chi connectivity index (χ4v) is 8.21. The number of ether oxygens (including phenoxy) is 1. The lowest BCUT2D eigenvalue weighted by atomic mass is 10.0. The monoisotopic (exact) mass is 896 g/mol. The van der Waals surface area contributed by atoms with Gasteiger partial charge in [0, 0.05) is 6.42 Å². The summed E-state index contributed by atoms with van der Waals surface area (Å²) in [6.45, 7) is 6.44. The van der Waals surface area contributed by atoms with Crippen LogP contribution in [0.1, 0.15) is 271 Å². The predicted octanol–water partition coefficient (Wildman–Crippen LogP) is 16.8. The smallest absolute Gasteiger partial charge is 0.306 e. The third kappa shape index (κ3) is 46.1. The van der Waals surface area contributed by atoms with E-state index in [1.807, 2.05) is 0 Å². The summed E-state index contributed by atoms with van der Waals surface area (Å²) in [5.74, 6) is -0.525. The van der Waals surface area contributed by atoms with Crippen LogP contribution in [-0.2, 0) is 14.3 Å². The van der Waals surface area contributed by atoms with Crippen molar-refractivity contribution in [2.45, 2.75) is 289 Å². The zero-order chi connectivity index (χ0) is 46.7. The highest BCUT2D eigenvalue weighted by Crippen LogP contribution is 2.17. The van der Waals surface area contributed by atoms with Crippen LogP contribution in [0.3, 0.4) is 0 Å². The second kappa shape index (κ2) is 51.5. The number of amides is 1. The van der Waals surface area contributed by atoms with Crippen LogP contribution in [0.2, 0.25) is 0 Å². The van der Waals surface area contributed by atoms with Crippen LogP contribution >= 0.6 is 0 Å². The molecular weight excluding hydrogens is 791 g/mol. The van der Waals surface area contributed by atoms with Gasteiger partial charge in [0.15, 0.2) is 0 Å². The minimum absolute atomic E-state index is 0.0465. The zero-order valence-corrected chi connectivity index (χ0v) is 42.4. The van der Waals surface area contributed by atoms with Crippen molar-refractivity contribution in [3.05, 3.63) is 60.8 Å². The number of aliphatic hydroxyl groups excluding tert-OH is 2. The van der Waals surface area contributed by atoms with Crippen LogP contribution in [0.4, 0.5) is 0 Å². The number of esters is 1. The van der Waals surface area contributed by atoms with Crippen molar-refractivity contribution < 1.29 is 24.5 Å². The van der Waals surface area contributed by atoms with Crippen molar-refractivity contribution in [1.82, 2.24) is 5.32 Å². The molecule has 0 saturated carbocycles. The Kier molecular flexibility index (Phi) is 49.6. The first kappa shape index (κ1) is 61.6. The van der Waals surface area contributed by atoms with E-state index in [9.17, 15) is 19.8 Å². The number of rotatable bonds is 49. The molecule has 0 fully saturated rings. The van der Waals surface area contributed by atoms with E-state index >= 15 is 0 Å². The molecule has 0 aliphatic rings. The van der Waals surface area contributed by atoms with Gasteiger partial charge in [-0.2, -0.15) is 0 Å². The van der Waals surface area contributed by atoms with Crippen molar-refractivity contribution in [3.63, 3.8) is 0 Å². The minimum Gasteiger partial charge on any atom is -0.462 e. The Hall–Kier alpha value is -2.44. The molecule has 0 saturated heterocycles. The van der Waals surface area contributed by atoms with Gasteiger partial charge in [-0.1, -0.05) is 248 Å². The van der Waals surface area contributed by atoms with Gasteiger partial charge in [0.1, 0.15) is 6.10 Å². The fourth-order valence-electron chi connectivity index (χ4n) is 8.21. The quantitative estimate of drug-likeness (QED) is 0.0245. The van der Waals surface area contributed by atoms with Crippen LogP contribution in [-0.4, -0.2) is 46.9 Å². The largest absolute Gasteiger partial charge is 0.462 e. The molecule has 0 radical (unpaired) electrons. The summed E-state index contributed by atoms with van der Waals surface area (Å²) in [6.07, 6.45) is 64.2. The van der Waals surface area contributed by atoms with Gasteiger partial charge in [-0.15, -0.1) is 0 Å². The normalized spacial score (nSPS) is 13.6. The van der Waals surface area contributed by atoms with E-state index < -0.39 is 18.2 Å². The SMILES string of the molecule is CCCCC/C=C/C=C/C=C/C=C/CCCCCCCC(=O)OC(CCC/C=C\CCCCCCCCC)CC(=O)NC(CO)C(O)CCCCCCCCCCCCCCCCC. The molecule has 0 spiro atoms. The third-order valence-corrected chi connectivity index (χ3v) is 12.4. The zero-order valence-electron chi connectivity index (χ0n) is 42.4. The molecule has 0 aliphatic heterocycles. The number of allylic oxidation sites excluding steroid dienone is 10. The van der Waals surface area contributed by atoms with Crippen LogP contribution < -0.4 is 5.32 Å². The third-order valence-electron chi connectivity index (χ3n) is 12.4. The molecule has 0 bridgehead atoms. The molecule has 64 heavy (non-hydrogen) atoms. The number of aliphatic hydroxyl groups is 2. The van der Waals surface area contributed by atoms with Gasteiger partial charge < -0.3 is 20.3 Å². The number of nitrogens with one attached hydrogen (secondary N) is 1. The molecule has 1 amide bonds. The van der Waals surface area contributed by atoms with Gasteiger partial charge >= 0.3 is 5.97 Å². The van der Waals surface area contributed by atoms with Crippen molar-refractivity contribution in [2.75, 3.05) is 6.61 Å². The summed E-state index contributed by atoms with van der Waals surface area (Å²) >= 11 is 0. The first-order chi connectivity index (χ1) is 31.5. The topological polar surface area (TPSA) is 95.9 Å². The predicted molar refractivity (Wildman–Crippen MR) is 278 cm³/mol. The fraction of sp³-hybridized carbons (Fsp3) is 0.793. The molecule has 0 rings (SSSR count). The van der Waals surface area contributed by atoms with Crippen molar-refractivity contribution >= 4 is 11.9 Å². The molecular formula is C58H105NO5. The van der Waals surface area contributed by atoms with Crippen LogP contribution in [0, 0.1) is 0 Å². The molecule has 3 atom stereocenters. The van der Waals surface area contributed by atoms with Gasteiger partial charge in [-0.3, -0.25) is 9.59 Å². The highest BCUT2D eigenvalue weighted by molar-refractivity contribution is 5.77. The Bertz CT molecular complexity index is 1140. The summed E-state index contributed by atoms with van der Waals surface area (Å²) in [6, 6.07) is -0.716. The van der Waals surface area contributed by atoms with E-state index in [1.54, 1.807) is 0 Å². The highest BCUT2D eigenvalue weighted by Gasteiger charge is 2.24. The van der Waals surface area contributed by atoms with Gasteiger partial charge in [0.25, 0.3) is 0 Å². The second-order valence-electron chi connectivity index (χ2n) is 18.7. The van der Waals surface area contributed by atoms with Crippen molar-refractivity contribution in [2.24, 2.45) is 0 Å². The highest BCUT2D eigenvalue weighted by atomic mass is 16.5. The summed E-state index contributed by atoms with van der Waals surface area (Å²) < 4.78 is 5.92. The lowest BCUT2D eigenvalue weighted by molar-refractivity contribution is -0.151. The summed E-state index contributed by atoms with van der Waals surface area (Å²) in [5.41, 5.74) is 0. The van der Waals surface area contributed by atoms with E-state index in [4.69, 9.17) is 4.74 Å². The van der Waals surface area contributed by atoms with E-state index in [0.717, 1.165) is 83.5 Å². The van der Waals surface area contributed by atoms with Gasteiger partial charge in [-0.25, -0.2) is 0 Å². The van der Waals surface area contributed by atoms with Crippen molar-refractivity contribution in [1.29, 1.82) is 0 Å². The molecule has 0 aromatic carbocycles. The molecule has 3 N–H and O–H groups in total. The Morgan fingerprint density at radius 2 is 0.828 bits per heavy atom. The average Bonchev–Trinajstić information content (AvgIpc) is 3.29. The maximum atomic E-state index is 13.2. The molecule has 6 nitrogen and oxygen atoms in total.